The maximum Gasteiger partial charge on any atom is -0.00412 e. The van der Waals surface area contributed by atoms with Gasteiger partial charge >= 0.3 is 0 Å². The number of hydrogen-bond donors (Lipinski definition) is 0. The molecule has 0 fully saturated rings. The van der Waals surface area contributed by atoms with E-state index in [4.69, 9.17) is 12.6 Å². The molecule has 2 aliphatic rings. The van der Waals surface area contributed by atoms with E-state index in [1.54, 1.807) is 22.3 Å². The Balaban J connectivity index is 2.46. The number of hydrogen-bond acceptors (Lipinski definition) is 1. The van der Waals surface area contributed by atoms with Crippen molar-refractivity contribution in [3.8, 4) is 0 Å². The first kappa shape index (κ1) is 23.1. The van der Waals surface area contributed by atoms with Gasteiger partial charge in [-0.1, -0.05) is 72.6 Å². The van der Waals surface area contributed by atoms with Crippen LogP contribution in [0.1, 0.15) is 142 Å². The fraction of sp³-hybridized carbons (Fsp3) is 0.786. The predicted molar refractivity (Wildman–Crippen MR) is 130 cm³/mol. The van der Waals surface area contributed by atoms with E-state index in [1.165, 1.54) is 69.1 Å². The van der Waals surface area contributed by atoms with E-state index < -0.39 is 0 Å². The van der Waals surface area contributed by atoms with Crippen LogP contribution >= 0.6 is 0 Å². The van der Waals surface area contributed by atoms with Crippen molar-refractivity contribution >= 4 is 12.6 Å². The monoisotopic (exact) mass is 413 g/mol. The molecule has 1 heteroatoms. The van der Waals surface area contributed by atoms with Crippen molar-refractivity contribution < 1.29 is 0 Å². The quantitative estimate of drug-likeness (QED) is 0.384. The second-order valence-electron chi connectivity index (χ2n) is 10.4. The summed E-state index contributed by atoms with van der Waals surface area (Å²) in [6.45, 7) is 19.3. The Labute approximate surface area is 187 Å². The number of rotatable bonds is 8. The molecule has 0 aliphatic heterocycles. The molecule has 0 spiro atoms. The normalized spacial score (nSPS) is 22.5. The van der Waals surface area contributed by atoms with Gasteiger partial charge in [0.25, 0.3) is 0 Å². The standard InChI is InChI=1S/C28H46S/c1-9-25(10-2)18-27(13-5,14-6)22-20(25)17-21-23(24(22)29)28(15-7,16-8)19-26(21,11-3)12-4/h17,29H,9-16,18-19H2,1-8H3/p-1. The Kier molecular flexibility index (Phi) is 6.25. The van der Waals surface area contributed by atoms with E-state index in [2.05, 4.69) is 61.5 Å². The highest BCUT2D eigenvalue weighted by atomic mass is 32.1. The molecular weight excluding hydrogens is 368 g/mol. The lowest BCUT2D eigenvalue weighted by Gasteiger charge is -2.38. The zero-order chi connectivity index (χ0) is 21.7. The molecule has 0 unspecified atom stereocenters. The SMILES string of the molecule is CCC1(CC)CC(CC)(CC)c2c1cc1c(c2[S-])C(CC)(CC)CC1(CC)CC. The molecule has 1 aromatic rings. The molecule has 0 atom stereocenters. The highest BCUT2D eigenvalue weighted by Crippen LogP contribution is 2.64. The predicted octanol–water partition coefficient (Wildman–Crippen LogP) is 8.63. The van der Waals surface area contributed by atoms with Crippen LogP contribution < -0.4 is 0 Å². The fourth-order valence-electron chi connectivity index (χ4n) is 7.68. The molecule has 0 heterocycles. The lowest BCUT2D eigenvalue weighted by atomic mass is 9.70. The van der Waals surface area contributed by atoms with E-state index in [-0.39, 0.29) is 10.8 Å². The van der Waals surface area contributed by atoms with Crippen LogP contribution in [0.25, 0.3) is 0 Å². The third kappa shape index (κ3) is 2.81. The Morgan fingerprint density at radius 2 is 0.828 bits per heavy atom. The minimum atomic E-state index is 0.282. The van der Waals surface area contributed by atoms with Crippen LogP contribution in [-0.2, 0) is 34.3 Å². The molecule has 3 rings (SSSR count). The van der Waals surface area contributed by atoms with Crippen molar-refractivity contribution in [1.82, 2.24) is 0 Å². The Hall–Kier alpha value is -0.560. The van der Waals surface area contributed by atoms with Gasteiger partial charge in [-0.25, -0.2) is 0 Å². The molecule has 164 valence electrons. The topological polar surface area (TPSA) is 0 Å². The summed E-state index contributed by atoms with van der Waals surface area (Å²) in [5.74, 6) is 0. The van der Waals surface area contributed by atoms with E-state index >= 15 is 0 Å². The van der Waals surface area contributed by atoms with Crippen molar-refractivity contribution in [2.75, 3.05) is 0 Å². The largest absolute Gasteiger partial charge is 0.779 e. The highest BCUT2D eigenvalue weighted by Gasteiger charge is 2.54. The minimum absolute atomic E-state index is 0.282. The van der Waals surface area contributed by atoms with E-state index in [1.807, 2.05) is 0 Å². The summed E-state index contributed by atoms with van der Waals surface area (Å²) in [5, 5.41) is 0. The molecule has 0 saturated carbocycles. The second-order valence-corrected chi connectivity index (χ2v) is 10.8. The van der Waals surface area contributed by atoms with Crippen molar-refractivity contribution in [3.63, 3.8) is 0 Å². The molecular formula is C28H45S-. The molecule has 0 aromatic heterocycles. The number of fused-ring (bicyclic) bond motifs is 2. The summed E-state index contributed by atoms with van der Waals surface area (Å²) < 4.78 is 0. The van der Waals surface area contributed by atoms with Gasteiger partial charge < -0.3 is 12.6 Å². The van der Waals surface area contributed by atoms with Crippen LogP contribution in [0.4, 0.5) is 0 Å². The Morgan fingerprint density at radius 1 is 0.552 bits per heavy atom. The van der Waals surface area contributed by atoms with Gasteiger partial charge in [0.05, 0.1) is 0 Å². The zero-order valence-corrected chi connectivity index (χ0v) is 21.4. The van der Waals surface area contributed by atoms with Crippen molar-refractivity contribution in [1.29, 1.82) is 0 Å². The van der Waals surface area contributed by atoms with Crippen LogP contribution in [0.15, 0.2) is 11.0 Å². The van der Waals surface area contributed by atoms with Crippen molar-refractivity contribution in [3.05, 3.63) is 28.3 Å². The number of benzene rings is 1. The summed E-state index contributed by atoms with van der Waals surface area (Å²) in [5.41, 5.74) is 7.73. The minimum Gasteiger partial charge on any atom is -0.779 e. The first-order valence-corrected chi connectivity index (χ1v) is 13.1. The maximum atomic E-state index is 6.51. The van der Waals surface area contributed by atoms with Gasteiger partial charge in [-0.15, -0.1) is 0 Å². The van der Waals surface area contributed by atoms with Crippen molar-refractivity contribution in [2.24, 2.45) is 0 Å². The molecule has 2 aliphatic carbocycles. The van der Waals surface area contributed by atoms with Gasteiger partial charge in [-0.2, -0.15) is 4.90 Å². The van der Waals surface area contributed by atoms with E-state index in [0.29, 0.717) is 10.8 Å². The fourth-order valence-corrected chi connectivity index (χ4v) is 8.33. The third-order valence-electron chi connectivity index (χ3n) is 10.3. The second kappa shape index (κ2) is 7.85. The Morgan fingerprint density at radius 3 is 1.07 bits per heavy atom. The highest BCUT2D eigenvalue weighted by molar-refractivity contribution is 7.59. The molecule has 29 heavy (non-hydrogen) atoms. The zero-order valence-electron chi connectivity index (χ0n) is 20.6. The molecule has 0 saturated heterocycles. The van der Waals surface area contributed by atoms with Gasteiger partial charge in [0.2, 0.25) is 0 Å². The lowest BCUT2D eigenvalue weighted by molar-refractivity contribution is 0.275. The smallest absolute Gasteiger partial charge is 0.00412 e. The van der Waals surface area contributed by atoms with E-state index in [9.17, 15) is 0 Å². The van der Waals surface area contributed by atoms with Crippen molar-refractivity contribution in [2.45, 2.75) is 146 Å². The summed E-state index contributed by atoms with van der Waals surface area (Å²) in [6, 6.07) is 2.72. The average molecular weight is 414 g/mol. The van der Waals surface area contributed by atoms with Crippen LogP contribution in [0.5, 0.6) is 0 Å². The molecule has 1 aromatic carbocycles. The summed E-state index contributed by atoms with van der Waals surface area (Å²) in [6.07, 6.45) is 12.5. The Bertz CT molecular complexity index is 680. The molecule has 0 N–H and O–H groups in total. The average Bonchev–Trinajstić information content (AvgIpc) is 3.23. The molecule has 0 nitrogen and oxygen atoms in total. The van der Waals surface area contributed by atoms with Gasteiger partial charge in [0.1, 0.15) is 0 Å². The van der Waals surface area contributed by atoms with Gasteiger partial charge in [-0.3, -0.25) is 0 Å². The van der Waals surface area contributed by atoms with Gasteiger partial charge in [-0.05, 0) is 97.0 Å². The van der Waals surface area contributed by atoms with Gasteiger partial charge in [0, 0.05) is 0 Å². The van der Waals surface area contributed by atoms with Gasteiger partial charge in [0.15, 0.2) is 0 Å². The third-order valence-corrected chi connectivity index (χ3v) is 10.7. The van der Waals surface area contributed by atoms with Crippen LogP contribution in [0.2, 0.25) is 0 Å². The molecule has 0 radical (unpaired) electrons. The molecule has 0 amide bonds. The molecule has 0 bridgehead atoms. The van der Waals surface area contributed by atoms with E-state index in [0.717, 1.165) is 0 Å². The summed E-state index contributed by atoms with van der Waals surface area (Å²) >= 11 is 6.51. The van der Waals surface area contributed by atoms with Crippen LogP contribution in [-0.4, -0.2) is 0 Å². The van der Waals surface area contributed by atoms with Crippen LogP contribution in [0.3, 0.4) is 0 Å². The lowest BCUT2D eigenvalue weighted by Crippen LogP contribution is -2.29. The maximum absolute atomic E-state index is 6.51. The van der Waals surface area contributed by atoms with Crippen LogP contribution in [0, 0.1) is 0 Å². The first-order chi connectivity index (χ1) is 13.8. The summed E-state index contributed by atoms with van der Waals surface area (Å²) in [7, 11) is 0. The summed E-state index contributed by atoms with van der Waals surface area (Å²) in [4.78, 5) is 1.29. The first-order valence-electron chi connectivity index (χ1n) is 12.7.